The number of sulfonamides is 1. The molecule has 0 radical (unpaired) electrons. The van der Waals surface area contributed by atoms with Gasteiger partial charge in [-0.2, -0.15) is 0 Å². The lowest BCUT2D eigenvalue weighted by molar-refractivity contribution is 0.354. The molecule has 0 saturated carbocycles. The van der Waals surface area contributed by atoms with Crippen LogP contribution in [-0.4, -0.2) is 29.7 Å². The monoisotopic (exact) mass is 246 g/mol. The number of nitrogens with two attached hydrogens (primary N) is 1. The lowest BCUT2D eigenvalue weighted by Crippen LogP contribution is -2.20. The van der Waals surface area contributed by atoms with Gasteiger partial charge in [-0.1, -0.05) is 0 Å². The van der Waals surface area contributed by atoms with Crippen LogP contribution in [0.4, 0.5) is 5.69 Å². The first kappa shape index (κ1) is 12.6. The number of hydrogen-bond donors (Lipinski definition) is 2. The average Bonchev–Trinajstić information content (AvgIpc) is 2.28. The van der Waals surface area contributed by atoms with E-state index in [2.05, 4.69) is 4.72 Å². The average molecular weight is 246 g/mol. The summed E-state index contributed by atoms with van der Waals surface area (Å²) in [6.07, 6.45) is 0. The Kier molecular flexibility index (Phi) is 3.61. The van der Waals surface area contributed by atoms with E-state index in [9.17, 15) is 8.42 Å². The molecule has 1 rings (SSSR count). The lowest BCUT2D eigenvalue weighted by atomic mass is 10.3. The van der Waals surface area contributed by atoms with Crippen LogP contribution in [0.25, 0.3) is 0 Å². The molecule has 1 aromatic rings. The first-order valence-electron chi connectivity index (χ1n) is 4.41. The standard InChI is InChI=1S/C9H14N2O4S/c1-11-16(12,13)9-5-8(15-3)7(14-2)4-6(9)10/h4-5,11H,10H2,1-3H3. The summed E-state index contributed by atoms with van der Waals surface area (Å²) in [5, 5.41) is 0. The molecule has 0 amide bonds. The van der Waals surface area contributed by atoms with Crippen molar-refractivity contribution in [2.45, 2.75) is 4.90 Å². The van der Waals surface area contributed by atoms with Crippen LogP contribution in [0.3, 0.4) is 0 Å². The van der Waals surface area contributed by atoms with Crippen LogP contribution < -0.4 is 19.9 Å². The van der Waals surface area contributed by atoms with Crippen molar-refractivity contribution in [1.82, 2.24) is 4.72 Å². The van der Waals surface area contributed by atoms with Gasteiger partial charge in [0.05, 0.1) is 19.9 Å². The minimum atomic E-state index is -3.60. The second-order valence-corrected chi connectivity index (χ2v) is 4.81. The van der Waals surface area contributed by atoms with Crippen molar-refractivity contribution in [3.05, 3.63) is 12.1 Å². The molecule has 7 heteroatoms. The van der Waals surface area contributed by atoms with E-state index in [1.807, 2.05) is 0 Å². The second-order valence-electron chi connectivity index (χ2n) is 2.95. The van der Waals surface area contributed by atoms with Crippen LogP contribution in [0.2, 0.25) is 0 Å². The summed E-state index contributed by atoms with van der Waals surface area (Å²) in [5.74, 6) is 0.695. The maximum absolute atomic E-state index is 11.6. The van der Waals surface area contributed by atoms with Gasteiger partial charge in [0.25, 0.3) is 0 Å². The molecule has 0 atom stereocenters. The van der Waals surface area contributed by atoms with Crippen LogP contribution >= 0.6 is 0 Å². The molecule has 0 heterocycles. The molecule has 3 N–H and O–H groups in total. The zero-order valence-corrected chi connectivity index (χ0v) is 10.1. The third-order valence-corrected chi connectivity index (χ3v) is 3.54. The van der Waals surface area contributed by atoms with Crippen molar-refractivity contribution in [2.75, 3.05) is 27.0 Å². The highest BCUT2D eigenvalue weighted by atomic mass is 32.2. The predicted molar refractivity (Wildman–Crippen MR) is 60.2 cm³/mol. The number of ether oxygens (including phenoxy) is 2. The van der Waals surface area contributed by atoms with Gasteiger partial charge >= 0.3 is 0 Å². The molecule has 0 bridgehead atoms. The summed E-state index contributed by atoms with van der Waals surface area (Å²) in [7, 11) is 0.582. The van der Waals surface area contributed by atoms with Crippen molar-refractivity contribution in [1.29, 1.82) is 0 Å². The van der Waals surface area contributed by atoms with E-state index in [0.717, 1.165) is 0 Å². The summed E-state index contributed by atoms with van der Waals surface area (Å²) in [6.45, 7) is 0. The van der Waals surface area contributed by atoms with Crippen molar-refractivity contribution in [3.63, 3.8) is 0 Å². The largest absolute Gasteiger partial charge is 0.493 e. The van der Waals surface area contributed by atoms with Gasteiger partial charge in [-0.25, -0.2) is 13.1 Å². The fourth-order valence-corrected chi connectivity index (χ4v) is 2.07. The zero-order chi connectivity index (χ0) is 12.3. The van der Waals surface area contributed by atoms with Crippen LogP contribution in [0.1, 0.15) is 0 Å². The highest BCUT2D eigenvalue weighted by molar-refractivity contribution is 7.89. The molecule has 0 aliphatic rings. The highest BCUT2D eigenvalue weighted by Crippen LogP contribution is 2.33. The van der Waals surface area contributed by atoms with Gasteiger partial charge in [-0.3, -0.25) is 0 Å². The Bertz CT molecular complexity index is 485. The van der Waals surface area contributed by atoms with Gasteiger partial charge in [-0.05, 0) is 7.05 Å². The third-order valence-electron chi connectivity index (χ3n) is 2.07. The van der Waals surface area contributed by atoms with Gasteiger partial charge in [0.1, 0.15) is 4.90 Å². The first-order valence-corrected chi connectivity index (χ1v) is 5.89. The normalized spacial score (nSPS) is 11.2. The molecular formula is C9H14N2O4S. The summed E-state index contributed by atoms with van der Waals surface area (Å²) < 4.78 is 35.4. The Balaban J connectivity index is 3.44. The topological polar surface area (TPSA) is 90.7 Å². The maximum Gasteiger partial charge on any atom is 0.242 e. The fraction of sp³-hybridized carbons (Fsp3) is 0.333. The molecule has 6 nitrogen and oxygen atoms in total. The van der Waals surface area contributed by atoms with E-state index in [0.29, 0.717) is 11.5 Å². The Morgan fingerprint density at radius 1 is 1.19 bits per heavy atom. The molecule has 0 saturated heterocycles. The molecule has 0 spiro atoms. The molecular weight excluding hydrogens is 232 g/mol. The predicted octanol–water partition coefficient (Wildman–Crippen LogP) is 0.194. The molecule has 0 unspecified atom stereocenters. The van der Waals surface area contributed by atoms with Gasteiger partial charge in [0.15, 0.2) is 11.5 Å². The first-order chi connectivity index (χ1) is 7.46. The minimum absolute atomic E-state index is 0.0346. The molecule has 16 heavy (non-hydrogen) atoms. The van der Waals surface area contributed by atoms with E-state index < -0.39 is 10.0 Å². The van der Waals surface area contributed by atoms with Crippen molar-refractivity contribution >= 4 is 15.7 Å². The van der Waals surface area contributed by atoms with Crippen LogP contribution in [0.15, 0.2) is 17.0 Å². The second kappa shape index (κ2) is 4.58. The quantitative estimate of drug-likeness (QED) is 0.740. The SMILES string of the molecule is CNS(=O)(=O)c1cc(OC)c(OC)cc1N. The molecule has 0 aliphatic carbocycles. The fourth-order valence-electron chi connectivity index (χ4n) is 1.22. The van der Waals surface area contributed by atoms with Crippen LogP contribution in [-0.2, 0) is 10.0 Å². The number of hydrogen-bond acceptors (Lipinski definition) is 5. The number of anilines is 1. The van der Waals surface area contributed by atoms with E-state index in [-0.39, 0.29) is 10.6 Å². The number of benzene rings is 1. The zero-order valence-electron chi connectivity index (χ0n) is 9.27. The van der Waals surface area contributed by atoms with Crippen molar-refractivity contribution in [3.8, 4) is 11.5 Å². The van der Waals surface area contributed by atoms with Crippen molar-refractivity contribution < 1.29 is 17.9 Å². The highest BCUT2D eigenvalue weighted by Gasteiger charge is 2.19. The van der Waals surface area contributed by atoms with Gasteiger partial charge in [0.2, 0.25) is 10.0 Å². The van der Waals surface area contributed by atoms with E-state index in [1.54, 1.807) is 0 Å². The van der Waals surface area contributed by atoms with Gasteiger partial charge in [-0.15, -0.1) is 0 Å². The van der Waals surface area contributed by atoms with Crippen LogP contribution in [0, 0.1) is 0 Å². The summed E-state index contributed by atoms with van der Waals surface area (Å²) in [5.41, 5.74) is 5.73. The van der Waals surface area contributed by atoms with Gasteiger partial charge < -0.3 is 15.2 Å². The molecule has 0 fully saturated rings. The summed E-state index contributed by atoms with van der Waals surface area (Å²) in [4.78, 5) is -0.0346. The molecule has 90 valence electrons. The molecule has 0 aliphatic heterocycles. The van der Waals surface area contributed by atoms with Crippen LogP contribution in [0.5, 0.6) is 11.5 Å². The molecule has 1 aromatic carbocycles. The Morgan fingerprint density at radius 3 is 2.12 bits per heavy atom. The number of methoxy groups -OCH3 is 2. The van der Waals surface area contributed by atoms with E-state index in [1.165, 1.54) is 33.4 Å². The Labute approximate surface area is 94.4 Å². The summed E-state index contributed by atoms with van der Waals surface area (Å²) in [6, 6.07) is 2.73. The minimum Gasteiger partial charge on any atom is -0.493 e. The Hall–Kier alpha value is -1.47. The Morgan fingerprint density at radius 2 is 1.69 bits per heavy atom. The smallest absolute Gasteiger partial charge is 0.242 e. The number of rotatable bonds is 4. The maximum atomic E-state index is 11.6. The summed E-state index contributed by atoms with van der Waals surface area (Å²) >= 11 is 0. The molecule has 0 aromatic heterocycles. The van der Waals surface area contributed by atoms with Gasteiger partial charge in [0, 0.05) is 12.1 Å². The number of nitrogen functional groups attached to an aromatic ring is 1. The lowest BCUT2D eigenvalue weighted by Gasteiger charge is -2.12. The third kappa shape index (κ3) is 2.20. The number of nitrogens with one attached hydrogen (secondary N) is 1. The van der Waals surface area contributed by atoms with Crippen molar-refractivity contribution in [2.24, 2.45) is 0 Å². The van der Waals surface area contributed by atoms with E-state index in [4.69, 9.17) is 15.2 Å². The van der Waals surface area contributed by atoms with E-state index >= 15 is 0 Å².